The van der Waals surface area contributed by atoms with E-state index in [1.165, 1.54) is 6.07 Å². The van der Waals surface area contributed by atoms with Gasteiger partial charge >= 0.3 is 6.18 Å². The molecule has 0 atom stereocenters. The zero-order valence-electron chi connectivity index (χ0n) is 7.54. The number of alkyl halides is 3. The largest absolute Gasteiger partial charge is 0.432 e. The lowest BCUT2D eigenvalue weighted by atomic mass is 10.4. The van der Waals surface area contributed by atoms with E-state index >= 15 is 0 Å². The molecule has 8 heteroatoms. The van der Waals surface area contributed by atoms with Gasteiger partial charge in [-0.1, -0.05) is 0 Å². The van der Waals surface area contributed by atoms with Crippen molar-refractivity contribution in [2.45, 2.75) is 6.18 Å². The first kappa shape index (κ1) is 10.2. The molecule has 0 fully saturated rings. The SMILES string of the molecule is N#Cc1cnc2cc(C(F)(F)F)[nH]n2c1=O. The molecule has 0 unspecified atom stereocenters. The standard InChI is InChI=1S/C8H3F3N4O/c9-8(10,11)5-1-6-13-3-4(2-12)7(16)15(6)14-5/h1,3,14H. The number of hydrogen-bond donors (Lipinski definition) is 1. The number of H-pyrrole nitrogens is 1. The molecule has 0 aromatic carbocycles. The molecule has 82 valence electrons. The molecule has 2 aromatic heterocycles. The highest BCUT2D eigenvalue weighted by atomic mass is 19.4. The number of nitrogens with zero attached hydrogens (tertiary/aromatic N) is 3. The molecular weight excluding hydrogens is 225 g/mol. The summed E-state index contributed by atoms with van der Waals surface area (Å²) in [6, 6.07) is 2.24. The summed E-state index contributed by atoms with van der Waals surface area (Å²) in [5.41, 5.74) is -2.46. The molecular formula is C8H3F3N4O. The first-order valence-electron chi connectivity index (χ1n) is 4.01. The van der Waals surface area contributed by atoms with Gasteiger partial charge in [0.25, 0.3) is 5.56 Å². The van der Waals surface area contributed by atoms with E-state index in [0.717, 1.165) is 6.20 Å². The number of hydrogen-bond acceptors (Lipinski definition) is 3. The average Bonchev–Trinajstić information content (AvgIpc) is 2.62. The van der Waals surface area contributed by atoms with Gasteiger partial charge in [-0.3, -0.25) is 9.89 Å². The number of aromatic amines is 1. The monoisotopic (exact) mass is 228 g/mol. The topological polar surface area (TPSA) is 73.9 Å². The molecule has 0 amide bonds. The third kappa shape index (κ3) is 1.42. The molecule has 0 aliphatic rings. The minimum absolute atomic E-state index is 0.184. The van der Waals surface area contributed by atoms with Gasteiger partial charge in [-0.05, 0) is 0 Å². The normalized spacial score (nSPS) is 11.6. The Bertz CT molecular complexity index is 646. The summed E-state index contributed by atoms with van der Waals surface area (Å²) in [4.78, 5) is 15.0. The maximum absolute atomic E-state index is 12.3. The summed E-state index contributed by atoms with van der Waals surface area (Å²) in [7, 11) is 0. The predicted molar refractivity (Wildman–Crippen MR) is 45.5 cm³/mol. The van der Waals surface area contributed by atoms with Crippen LogP contribution in [0.2, 0.25) is 0 Å². The number of nitrogens with one attached hydrogen (secondary N) is 1. The van der Waals surface area contributed by atoms with Crippen molar-refractivity contribution in [1.82, 2.24) is 14.6 Å². The summed E-state index contributed by atoms with van der Waals surface area (Å²) in [6.45, 7) is 0. The Morgan fingerprint density at radius 3 is 2.75 bits per heavy atom. The highest BCUT2D eigenvalue weighted by Crippen LogP contribution is 2.27. The minimum Gasteiger partial charge on any atom is -0.285 e. The fraction of sp³-hybridized carbons (Fsp3) is 0.125. The van der Waals surface area contributed by atoms with Crippen LogP contribution in [0, 0.1) is 11.3 Å². The van der Waals surface area contributed by atoms with Crippen LogP contribution in [0.15, 0.2) is 17.1 Å². The van der Waals surface area contributed by atoms with Gasteiger partial charge in [0.1, 0.15) is 17.3 Å². The van der Waals surface area contributed by atoms with Crippen molar-refractivity contribution in [3.05, 3.63) is 33.9 Å². The second-order valence-corrected chi connectivity index (χ2v) is 2.95. The van der Waals surface area contributed by atoms with Crippen molar-refractivity contribution in [3.63, 3.8) is 0 Å². The number of rotatable bonds is 0. The number of fused-ring (bicyclic) bond motifs is 1. The highest BCUT2D eigenvalue weighted by Gasteiger charge is 2.33. The lowest BCUT2D eigenvalue weighted by molar-refractivity contribution is -0.141. The lowest BCUT2D eigenvalue weighted by Crippen LogP contribution is -2.18. The van der Waals surface area contributed by atoms with Crippen LogP contribution in [0.5, 0.6) is 0 Å². The van der Waals surface area contributed by atoms with Crippen LogP contribution in [-0.4, -0.2) is 14.6 Å². The van der Waals surface area contributed by atoms with Gasteiger partial charge in [0.05, 0.1) is 6.20 Å². The van der Waals surface area contributed by atoms with Gasteiger partial charge in [-0.15, -0.1) is 0 Å². The molecule has 5 nitrogen and oxygen atoms in total. The number of aromatic nitrogens is 3. The Kier molecular flexibility index (Phi) is 1.98. The van der Waals surface area contributed by atoms with Gasteiger partial charge in [0.2, 0.25) is 0 Å². The third-order valence-corrected chi connectivity index (χ3v) is 1.92. The maximum atomic E-state index is 12.3. The van der Waals surface area contributed by atoms with Gasteiger partial charge in [0.15, 0.2) is 5.65 Å². The average molecular weight is 228 g/mol. The van der Waals surface area contributed by atoms with Crippen molar-refractivity contribution in [2.75, 3.05) is 0 Å². The van der Waals surface area contributed by atoms with Gasteiger partial charge in [-0.25, -0.2) is 9.50 Å². The van der Waals surface area contributed by atoms with Crippen molar-refractivity contribution >= 4 is 5.65 Å². The number of halogens is 3. The Labute approximate surface area is 85.7 Å². The molecule has 0 saturated carbocycles. The summed E-state index contributed by atoms with van der Waals surface area (Å²) in [5.74, 6) is 0. The zero-order valence-corrected chi connectivity index (χ0v) is 7.54. The zero-order chi connectivity index (χ0) is 11.9. The van der Waals surface area contributed by atoms with Crippen molar-refractivity contribution in [3.8, 4) is 6.07 Å². The Balaban J connectivity index is 2.78. The minimum atomic E-state index is -4.59. The van der Waals surface area contributed by atoms with Crippen LogP contribution in [-0.2, 0) is 6.18 Å². The van der Waals surface area contributed by atoms with E-state index in [-0.39, 0.29) is 11.2 Å². The fourth-order valence-electron chi connectivity index (χ4n) is 1.18. The Hall–Kier alpha value is -2.30. The van der Waals surface area contributed by atoms with Crippen LogP contribution in [0.1, 0.15) is 11.3 Å². The summed E-state index contributed by atoms with van der Waals surface area (Å²) in [5, 5.41) is 10.3. The van der Waals surface area contributed by atoms with Crippen molar-refractivity contribution in [2.24, 2.45) is 0 Å². The second kappa shape index (κ2) is 3.10. The number of nitriles is 1. The summed E-state index contributed by atoms with van der Waals surface area (Å²) < 4.78 is 37.5. The first-order chi connectivity index (χ1) is 7.43. The molecule has 1 N–H and O–H groups in total. The van der Waals surface area contributed by atoms with E-state index in [0.29, 0.717) is 10.6 Å². The van der Waals surface area contributed by atoms with Gasteiger partial charge < -0.3 is 0 Å². The van der Waals surface area contributed by atoms with E-state index in [1.54, 1.807) is 0 Å². The second-order valence-electron chi connectivity index (χ2n) is 2.95. The van der Waals surface area contributed by atoms with Crippen molar-refractivity contribution in [1.29, 1.82) is 5.26 Å². The smallest absolute Gasteiger partial charge is 0.285 e. The first-order valence-corrected chi connectivity index (χ1v) is 4.01. The molecule has 0 radical (unpaired) electrons. The molecule has 16 heavy (non-hydrogen) atoms. The van der Waals surface area contributed by atoms with E-state index < -0.39 is 17.4 Å². The Morgan fingerprint density at radius 2 is 2.19 bits per heavy atom. The summed E-state index contributed by atoms with van der Waals surface area (Å²) >= 11 is 0. The quantitative estimate of drug-likeness (QED) is 0.728. The van der Waals surface area contributed by atoms with E-state index in [9.17, 15) is 18.0 Å². The molecule has 0 aliphatic carbocycles. The molecule has 0 bridgehead atoms. The molecule has 2 aromatic rings. The molecule has 0 saturated heterocycles. The fourth-order valence-corrected chi connectivity index (χ4v) is 1.18. The van der Waals surface area contributed by atoms with Crippen LogP contribution >= 0.6 is 0 Å². The lowest BCUT2D eigenvalue weighted by Gasteiger charge is -2.00. The van der Waals surface area contributed by atoms with Crippen LogP contribution < -0.4 is 5.56 Å². The summed E-state index contributed by atoms with van der Waals surface area (Å²) in [6.07, 6.45) is -3.65. The third-order valence-electron chi connectivity index (χ3n) is 1.92. The molecule has 2 rings (SSSR count). The Morgan fingerprint density at radius 1 is 1.50 bits per heavy atom. The molecule has 0 spiro atoms. The molecule has 0 aliphatic heterocycles. The van der Waals surface area contributed by atoms with Crippen LogP contribution in [0.25, 0.3) is 5.65 Å². The van der Waals surface area contributed by atoms with Gasteiger partial charge in [0, 0.05) is 6.07 Å². The highest BCUT2D eigenvalue weighted by molar-refractivity contribution is 5.41. The molecule has 2 heterocycles. The van der Waals surface area contributed by atoms with E-state index in [2.05, 4.69) is 4.98 Å². The van der Waals surface area contributed by atoms with Crippen molar-refractivity contribution < 1.29 is 13.2 Å². The van der Waals surface area contributed by atoms with Gasteiger partial charge in [-0.2, -0.15) is 18.4 Å². The van der Waals surface area contributed by atoms with Crippen LogP contribution in [0.3, 0.4) is 0 Å². The van der Waals surface area contributed by atoms with Crippen LogP contribution in [0.4, 0.5) is 13.2 Å². The van der Waals surface area contributed by atoms with E-state index in [4.69, 9.17) is 5.26 Å². The predicted octanol–water partition coefficient (Wildman–Crippen LogP) is 0.913. The maximum Gasteiger partial charge on any atom is 0.432 e. The van der Waals surface area contributed by atoms with E-state index in [1.807, 2.05) is 5.10 Å².